The summed E-state index contributed by atoms with van der Waals surface area (Å²) in [6.45, 7) is 2.38. The number of rotatable bonds is 7. The summed E-state index contributed by atoms with van der Waals surface area (Å²) in [6, 6.07) is 13.1. The first-order chi connectivity index (χ1) is 15.5. The molecule has 0 spiro atoms. The summed E-state index contributed by atoms with van der Waals surface area (Å²) < 4.78 is 13.4. The largest absolute Gasteiger partial charge is 0.478 e. The second-order valence-corrected chi connectivity index (χ2v) is 8.50. The van der Waals surface area contributed by atoms with Crippen molar-refractivity contribution in [3.05, 3.63) is 89.0 Å². The van der Waals surface area contributed by atoms with Crippen molar-refractivity contribution in [1.29, 1.82) is 0 Å². The number of aromatic carboxylic acids is 1. The summed E-state index contributed by atoms with van der Waals surface area (Å²) in [5, 5.41) is 12.7. The van der Waals surface area contributed by atoms with Crippen LogP contribution in [-0.2, 0) is 11.2 Å². The van der Waals surface area contributed by atoms with Gasteiger partial charge in [-0.3, -0.25) is 14.7 Å². The Labute approximate surface area is 189 Å². The molecule has 2 aromatic carbocycles. The number of hydrogen-bond donors (Lipinski definition) is 2. The van der Waals surface area contributed by atoms with E-state index >= 15 is 0 Å². The zero-order valence-corrected chi connectivity index (χ0v) is 18.2. The molecule has 0 bridgehead atoms. The number of nitrogens with one attached hydrogen (secondary N) is 1. The lowest BCUT2D eigenvalue weighted by atomic mass is 9.96. The molecule has 1 aliphatic heterocycles. The minimum atomic E-state index is -1.00. The summed E-state index contributed by atoms with van der Waals surface area (Å²) in [4.78, 5) is 30.4. The van der Waals surface area contributed by atoms with Crippen LogP contribution in [0.1, 0.15) is 32.4 Å². The summed E-state index contributed by atoms with van der Waals surface area (Å²) in [5.74, 6) is -1.09. The zero-order valence-electron chi connectivity index (χ0n) is 17.4. The molecule has 164 valence electrons. The van der Waals surface area contributed by atoms with Gasteiger partial charge in [0.2, 0.25) is 5.91 Å². The molecule has 8 heteroatoms. The molecule has 6 nitrogen and oxygen atoms in total. The van der Waals surface area contributed by atoms with E-state index in [1.165, 1.54) is 23.9 Å². The van der Waals surface area contributed by atoms with Gasteiger partial charge >= 0.3 is 5.97 Å². The van der Waals surface area contributed by atoms with E-state index in [2.05, 4.69) is 10.3 Å². The van der Waals surface area contributed by atoms with Gasteiger partial charge in [-0.15, -0.1) is 11.8 Å². The highest BCUT2D eigenvalue weighted by Gasteiger charge is 2.35. The molecule has 1 aromatic heterocycles. The third-order valence-corrected chi connectivity index (χ3v) is 6.68. The van der Waals surface area contributed by atoms with Crippen molar-refractivity contribution in [3.63, 3.8) is 0 Å². The maximum Gasteiger partial charge on any atom is 0.335 e. The van der Waals surface area contributed by atoms with Crippen molar-refractivity contribution in [1.82, 2.24) is 4.98 Å². The second kappa shape index (κ2) is 9.40. The number of carbonyl (C=O) groups excluding carboxylic acids is 1. The smallest absolute Gasteiger partial charge is 0.335 e. The van der Waals surface area contributed by atoms with E-state index in [0.29, 0.717) is 30.0 Å². The number of pyridine rings is 1. The number of carbonyl (C=O) groups is 2. The SMILES string of the molecule is Cc1c(N2C(=O)CSC2c2ccc(F)cc2)ccc(C(=O)O)c1CCNc1ccncc1. The van der Waals surface area contributed by atoms with Gasteiger partial charge < -0.3 is 10.4 Å². The average Bonchev–Trinajstić information content (AvgIpc) is 3.17. The molecule has 3 aromatic rings. The third kappa shape index (κ3) is 4.45. The molecule has 1 amide bonds. The number of hydrogen-bond acceptors (Lipinski definition) is 5. The van der Waals surface area contributed by atoms with E-state index in [1.807, 2.05) is 19.1 Å². The molecule has 1 saturated heterocycles. The molecular formula is C24H22FN3O3S. The van der Waals surface area contributed by atoms with Crippen molar-refractivity contribution in [2.24, 2.45) is 0 Å². The predicted octanol–water partition coefficient (Wildman–Crippen LogP) is 4.66. The van der Waals surface area contributed by atoms with Crippen molar-refractivity contribution in [2.45, 2.75) is 18.7 Å². The molecule has 2 N–H and O–H groups in total. The summed E-state index contributed by atoms with van der Waals surface area (Å²) in [5.41, 5.74) is 4.06. The van der Waals surface area contributed by atoms with E-state index in [-0.39, 0.29) is 22.7 Å². The molecule has 32 heavy (non-hydrogen) atoms. The number of amides is 1. The number of halogens is 1. The van der Waals surface area contributed by atoms with Crippen LogP contribution in [0, 0.1) is 12.7 Å². The Bertz CT molecular complexity index is 1140. The van der Waals surface area contributed by atoms with Gasteiger partial charge in [0.25, 0.3) is 0 Å². The number of aromatic nitrogens is 1. The van der Waals surface area contributed by atoms with E-state index in [1.54, 1.807) is 41.6 Å². The average molecular weight is 452 g/mol. The van der Waals surface area contributed by atoms with Crippen LogP contribution in [0.3, 0.4) is 0 Å². The molecule has 1 fully saturated rings. The minimum absolute atomic E-state index is 0.0589. The lowest BCUT2D eigenvalue weighted by molar-refractivity contribution is -0.115. The van der Waals surface area contributed by atoms with Crippen LogP contribution in [0.4, 0.5) is 15.8 Å². The highest BCUT2D eigenvalue weighted by Crippen LogP contribution is 2.43. The Morgan fingerprint density at radius 3 is 2.59 bits per heavy atom. The Morgan fingerprint density at radius 2 is 1.91 bits per heavy atom. The van der Waals surface area contributed by atoms with E-state index < -0.39 is 5.97 Å². The van der Waals surface area contributed by atoms with Crippen LogP contribution in [0.15, 0.2) is 60.9 Å². The zero-order chi connectivity index (χ0) is 22.7. The fraction of sp³-hybridized carbons (Fsp3) is 0.208. The molecule has 0 aliphatic carbocycles. The third-order valence-electron chi connectivity index (χ3n) is 5.47. The van der Waals surface area contributed by atoms with Crippen molar-refractivity contribution in [3.8, 4) is 0 Å². The molecule has 1 atom stereocenters. The maximum absolute atomic E-state index is 13.4. The van der Waals surface area contributed by atoms with Gasteiger partial charge in [-0.05, 0) is 66.4 Å². The highest BCUT2D eigenvalue weighted by atomic mass is 32.2. The van der Waals surface area contributed by atoms with Crippen molar-refractivity contribution < 1.29 is 19.1 Å². The number of anilines is 2. The van der Waals surface area contributed by atoms with Crippen molar-refractivity contribution in [2.75, 3.05) is 22.5 Å². The molecule has 0 saturated carbocycles. The van der Waals surface area contributed by atoms with Gasteiger partial charge in [0, 0.05) is 30.3 Å². The van der Waals surface area contributed by atoms with Crippen LogP contribution in [0.25, 0.3) is 0 Å². The monoisotopic (exact) mass is 451 g/mol. The first kappa shape index (κ1) is 21.8. The van der Waals surface area contributed by atoms with E-state index in [0.717, 1.165) is 16.8 Å². The van der Waals surface area contributed by atoms with Gasteiger partial charge in [-0.25, -0.2) is 9.18 Å². The van der Waals surface area contributed by atoms with Crippen LogP contribution in [0.5, 0.6) is 0 Å². The Kier molecular flexibility index (Phi) is 6.41. The topological polar surface area (TPSA) is 82.5 Å². The van der Waals surface area contributed by atoms with Crippen LogP contribution < -0.4 is 10.2 Å². The number of benzene rings is 2. The Morgan fingerprint density at radius 1 is 1.19 bits per heavy atom. The first-order valence-electron chi connectivity index (χ1n) is 10.1. The fourth-order valence-corrected chi connectivity index (χ4v) is 5.06. The molecular weight excluding hydrogens is 429 g/mol. The number of carboxylic acids is 1. The normalized spacial score (nSPS) is 15.8. The van der Waals surface area contributed by atoms with E-state index in [9.17, 15) is 19.1 Å². The molecule has 1 aliphatic rings. The lowest BCUT2D eigenvalue weighted by Gasteiger charge is -2.27. The molecule has 4 rings (SSSR count). The number of thioether (sulfide) groups is 1. The van der Waals surface area contributed by atoms with Gasteiger partial charge in [-0.2, -0.15) is 0 Å². The maximum atomic E-state index is 13.4. The molecule has 0 radical (unpaired) electrons. The van der Waals surface area contributed by atoms with Crippen LogP contribution in [-0.4, -0.2) is 34.3 Å². The number of carboxylic acid groups (broad SMARTS) is 1. The van der Waals surface area contributed by atoms with Crippen molar-refractivity contribution >= 4 is 35.0 Å². The van der Waals surface area contributed by atoms with Crippen LogP contribution in [0.2, 0.25) is 0 Å². The van der Waals surface area contributed by atoms with Crippen LogP contribution >= 0.6 is 11.8 Å². The highest BCUT2D eigenvalue weighted by molar-refractivity contribution is 8.00. The second-order valence-electron chi connectivity index (χ2n) is 7.43. The predicted molar refractivity (Wildman–Crippen MR) is 124 cm³/mol. The van der Waals surface area contributed by atoms with Gasteiger partial charge in [0.05, 0.1) is 11.3 Å². The number of nitrogens with zero attached hydrogens (tertiary/aromatic N) is 2. The van der Waals surface area contributed by atoms with Gasteiger partial charge in [0.1, 0.15) is 11.2 Å². The summed E-state index contributed by atoms with van der Waals surface area (Å²) >= 11 is 1.47. The standard InChI is InChI=1S/C24H22FN3O3S/c1-15-19(10-13-27-18-8-11-26-12-9-18)20(24(30)31)6-7-21(15)28-22(29)14-32-23(28)16-2-4-17(25)5-3-16/h2-9,11-12,23H,10,13-14H2,1H3,(H,26,27)(H,30,31). The lowest BCUT2D eigenvalue weighted by Crippen LogP contribution is -2.29. The quantitative estimate of drug-likeness (QED) is 0.544. The van der Waals surface area contributed by atoms with Gasteiger partial charge in [0.15, 0.2) is 0 Å². The van der Waals surface area contributed by atoms with Gasteiger partial charge in [-0.1, -0.05) is 12.1 Å². The minimum Gasteiger partial charge on any atom is -0.478 e. The van der Waals surface area contributed by atoms with E-state index in [4.69, 9.17) is 0 Å². The summed E-state index contributed by atoms with van der Waals surface area (Å²) in [6.07, 6.45) is 3.84. The summed E-state index contributed by atoms with van der Waals surface area (Å²) in [7, 11) is 0. The molecule has 2 heterocycles. The fourth-order valence-electron chi connectivity index (χ4n) is 3.89. The molecule has 1 unspecified atom stereocenters. The Balaban J connectivity index is 1.66. The Hall–Kier alpha value is -3.39. The first-order valence-corrected chi connectivity index (χ1v) is 11.2.